The number of aromatic nitrogens is 5. The van der Waals surface area contributed by atoms with Gasteiger partial charge in [-0.2, -0.15) is 31.4 Å². The summed E-state index contributed by atoms with van der Waals surface area (Å²) in [6.07, 6.45) is -5.84. The standard InChI is InChI=1S/C25H21F7N6O2/c1-12(5-13(2)36-19-10-35-37-22(39)20(19)25(30,31)32)11-38-4-3-14-6-17(18(26)7-16(14)23(38)40)21-33-8-15(9-34-21)24(27,28)29/h3-4,6-10,12-13H,5,11H2,1-2H3,(H2,36,37,39)/t12-,13+/m1/s1. The first kappa shape index (κ1) is 28.7. The van der Waals surface area contributed by atoms with Gasteiger partial charge in [0.1, 0.15) is 11.4 Å². The van der Waals surface area contributed by atoms with Crippen LogP contribution >= 0.6 is 0 Å². The molecule has 3 aromatic heterocycles. The maximum atomic E-state index is 14.9. The Morgan fingerprint density at radius 3 is 2.30 bits per heavy atom. The van der Waals surface area contributed by atoms with Gasteiger partial charge in [0.15, 0.2) is 5.82 Å². The molecule has 2 N–H and O–H groups in total. The van der Waals surface area contributed by atoms with Crippen LogP contribution < -0.4 is 16.4 Å². The van der Waals surface area contributed by atoms with Crippen LogP contribution in [0.15, 0.2) is 52.6 Å². The van der Waals surface area contributed by atoms with E-state index in [2.05, 4.69) is 20.4 Å². The van der Waals surface area contributed by atoms with Gasteiger partial charge in [-0.15, -0.1) is 0 Å². The van der Waals surface area contributed by atoms with Gasteiger partial charge in [0.2, 0.25) is 0 Å². The second kappa shape index (κ2) is 10.7. The van der Waals surface area contributed by atoms with Crippen molar-refractivity contribution in [1.82, 2.24) is 24.7 Å². The second-order valence-corrected chi connectivity index (χ2v) is 9.36. The molecular formula is C25H21F7N6O2. The number of halogens is 7. The van der Waals surface area contributed by atoms with Crippen LogP contribution in [0, 0.1) is 11.7 Å². The van der Waals surface area contributed by atoms with Gasteiger partial charge in [-0.05, 0) is 42.8 Å². The van der Waals surface area contributed by atoms with Gasteiger partial charge in [0.05, 0.1) is 28.4 Å². The molecule has 0 radical (unpaired) electrons. The number of nitrogens with one attached hydrogen (secondary N) is 2. The number of hydrogen-bond acceptors (Lipinski definition) is 6. The van der Waals surface area contributed by atoms with Crippen molar-refractivity contribution in [3.8, 4) is 11.4 Å². The first-order chi connectivity index (χ1) is 18.6. The highest BCUT2D eigenvalue weighted by Gasteiger charge is 2.37. The molecule has 4 rings (SSSR count). The Kier molecular flexibility index (Phi) is 7.67. The van der Waals surface area contributed by atoms with Gasteiger partial charge in [-0.25, -0.2) is 19.5 Å². The third kappa shape index (κ3) is 6.13. The normalized spacial score (nSPS) is 13.8. The van der Waals surface area contributed by atoms with E-state index < -0.39 is 52.1 Å². The van der Waals surface area contributed by atoms with E-state index >= 15 is 0 Å². The van der Waals surface area contributed by atoms with E-state index in [9.17, 15) is 40.3 Å². The summed E-state index contributed by atoms with van der Waals surface area (Å²) in [6, 6.07) is 3.20. The van der Waals surface area contributed by atoms with Gasteiger partial charge in [0, 0.05) is 31.2 Å². The minimum atomic E-state index is -4.89. The zero-order valence-electron chi connectivity index (χ0n) is 20.9. The molecule has 212 valence electrons. The van der Waals surface area contributed by atoms with Crippen molar-refractivity contribution in [3.63, 3.8) is 0 Å². The number of fused-ring (bicyclic) bond motifs is 1. The highest BCUT2D eigenvalue weighted by Crippen LogP contribution is 2.32. The van der Waals surface area contributed by atoms with E-state index in [1.165, 1.54) is 22.9 Å². The van der Waals surface area contributed by atoms with Crippen molar-refractivity contribution < 1.29 is 30.7 Å². The predicted molar refractivity (Wildman–Crippen MR) is 131 cm³/mol. The molecule has 40 heavy (non-hydrogen) atoms. The number of anilines is 1. The summed E-state index contributed by atoms with van der Waals surface area (Å²) < 4.78 is 94.4. The molecule has 3 heterocycles. The predicted octanol–water partition coefficient (Wildman–Crippen LogP) is 5.25. The van der Waals surface area contributed by atoms with Crippen molar-refractivity contribution in [2.75, 3.05) is 5.32 Å². The van der Waals surface area contributed by atoms with Gasteiger partial charge < -0.3 is 9.88 Å². The zero-order chi connectivity index (χ0) is 29.4. The lowest BCUT2D eigenvalue weighted by molar-refractivity contribution is -0.139. The molecule has 0 amide bonds. The number of pyridine rings is 1. The Labute approximate surface area is 220 Å². The van der Waals surface area contributed by atoms with Gasteiger partial charge in [-0.3, -0.25) is 9.59 Å². The molecule has 0 bridgehead atoms. The molecule has 0 saturated carbocycles. The van der Waals surface area contributed by atoms with Crippen LogP contribution in [-0.2, 0) is 18.9 Å². The van der Waals surface area contributed by atoms with Crippen LogP contribution in [0.5, 0.6) is 0 Å². The van der Waals surface area contributed by atoms with Crippen molar-refractivity contribution in [2.45, 2.75) is 45.2 Å². The van der Waals surface area contributed by atoms with Crippen LogP contribution in [0.1, 0.15) is 31.4 Å². The highest BCUT2D eigenvalue weighted by atomic mass is 19.4. The Balaban J connectivity index is 1.51. The molecule has 0 spiro atoms. The van der Waals surface area contributed by atoms with E-state index in [1.54, 1.807) is 18.9 Å². The van der Waals surface area contributed by atoms with Crippen LogP contribution in [0.3, 0.4) is 0 Å². The average Bonchev–Trinajstić information content (AvgIpc) is 2.84. The van der Waals surface area contributed by atoms with Crippen molar-refractivity contribution >= 4 is 16.5 Å². The molecule has 0 aliphatic carbocycles. The molecule has 2 atom stereocenters. The third-order valence-corrected chi connectivity index (χ3v) is 6.09. The summed E-state index contributed by atoms with van der Waals surface area (Å²) in [5.41, 5.74) is -5.05. The summed E-state index contributed by atoms with van der Waals surface area (Å²) in [4.78, 5) is 31.9. The maximum absolute atomic E-state index is 14.9. The van der Waals surface area contributed by atoms with Crippen molar-refractivity contribution in [1.29, 1.82) is 0 Å². The van der Waals surface area contributed by atoms with Crippen molar-refractivity contribution in [2.24, 2.45) is 5.92 Å². The molecule has 0 fully saturated rings. The Morgan fingerprint density at radius 2 is 1.68 bits per heavy atom. The second-order valence-electron chi connectivity index (χ2n) is 9.36. The minimum Gasteiger partial charge on any atom is -0.381 e. The number of H-pyrrole nitrogens is 1. The van der Waals surface area contributed by atoms with Crippen LogP contribution in [-0.4, -0.2) is 30.8 Å². The summed E-state index contributed by atoms with van der Waals surface area (Å²) in [5, 5.41) is 8.15. The lowest BCUT2D eigenvalue weighted by atomic mass is 10.0. The maximum Gasteiger partial charge on any atom is 0.423 e. The van der Waals surface area contributed by atoms with Gasteiger partial charge in [0.25, 0.3) is 11.1 Å². The summed E-state index contributed by atoms with van der Waals surface area (Å²) in [6.45, 7) is 3.52. The molecule has 0 unspecified atom stereocenters. The Hall–Kier alpha value is -4.30. The molecule has 0 aliphatic heterocycles. The monoisotopic (exact) mass is 570 g/mol. The minimum absolute atomic E-state index is 0.0124. The number of aromatic amines is 1. The number of alkyl halides is 6. The van der Waals surface area contributed by atoms with E-state index in [0.29, 0.717) is 24.2 Å². The smallest absolute Gasteiger partial charge is 0.381 e. The number of benzene rings is 1. The summed E-state index contributed by atoms with van der Waals surface area (Å²) in [7, 11) is 0. The fourth-order valence-corrected chi connectivity index (χ4v) is 4.36. The number of hydrogen-bond donors (Lipinski definition) is 2. The van der Waals surface area contributed by atoms with E-state index in [0.717, 1.165) is 12.3 Å². The average molecular weight is 570 g/mol. The zero-order valence-corrected chi connectivity index (χ0v) is 20.9. The van der Waals surface area contributed by atoms with Gasteiger partial charge >= 0.3 is 12.4 Å². The first-order valence-corrected chi connectivity index (χ1v) is 11.8. The first-order valence-electron chi connectivity index (χ1n) is 11.8. The molecule has 8 nitrogen and oxygen atoms in total. The van der Waals surface area contributed by atoms with Crippen LogP contribution in [0.25, 0.3) is 22.2 Å². The SMILES string of the molecule is C[C@H](C[C@H](C)Nc1cn[nH]c(=O)c1C(F)(F)F)Cn1ccc2cc(-c3ncc(C(F)(F)F)cn3)c(F)cc2c1=O. The van der Waals surface area contributed by atoms with Crippen molar-refractivity contribution in [3.05, 3.63) is 80.6 Å². The molecular weight excluding hydrogens is 549 g/mol. The Bertz CT molecular complexity index is 1650. The van der Waals surface area contributed by atoms with Crippen LogP contribution in [0.4, 0.5) is 36.4 Å². The third-order valence-electron chi connectivity index (χ3n) is 6.09. The lowest BCUT2D eigenvalue weighted by Crippen LogP contribution is -2.29. The highest BCUT2D eigenvalue weighted by molar-refractivity contribution is 5.86. The summed E-state index contributed by atoms with van der Waals surface area (Å²) in [5.74, 6) is -1.43. The molecule has 15 heteroatoms. The number of nitrogens with zero attached hydrogens (tertiary/aromatic N) is 4. The fourth-order valence-electron chi connectivity index (χ4n) is 4.36. The molecule has 0 saturated heterocycles. The van der Waals surface area contributed by atoms with Gasteiger partial charge in [-0.1, -0.05) is 6.92 Å². The largest absolute Gasteiger partial charge is 0.423 e. The van der Waals surface area contributed by atoms with Crippen LogP contribution in [0.2, 0.25) is 0 Å². The molecule has 4 aromatic rings. The topological polar surface area (TPSA) is 106 Å². The fraction of sp³-hybridized carbons (Fsp3) is 0.320. The lowest BCUT2D eigenvalue weighted by Gasteiger charge is -2.22. The quantitative estimate of drug-likeness (QED) is 0.295. The molecule has 1 aromatic carbocycles. The number of rotatable bonds is 7. The van der Waals surface area contributed by atoms with E-state index in [1.807, 2.05) is 0 Å². The Morgan fingerprint density at radius 1 is 1.00 bits per heavy atom. The molecule has 0 aliphatic rings. The van der Waals surface area contributed by atoms with E-state index in [4.69, 9.17) is 0 Å². The summed E-state index contributed by atoms with van der Waals surface area (Å²) >= 11 is 0. The van der Waals surface area contributed by atoms with E-state index in [-0.39, 0.29) is 29.2 Å².